The largest absolute Gasteiger partial charge is 0.495 e. The monoisotopic (exact) mass is 360 g/mol. The number of likely N-dealkylation sites (N-methyl/N-ethyl adjacent to an activating group) is 1. The average Bonchev–Trinajstić information content (AvgIpc) is 3.02. The number of aromatic nitrogens is 4. The lowest BCUT2D eigenvalue weighted by atomic mass is 10.3. The van der Waals surface area contributed by atoms with Gasteiger partial charge >= 0.3 is 0 Å². The van der Waals surface area contributed by atoms with Gasteiger partial charge in [0.25, 0.3) is 5.78 Å². The summed E-state index contributed by atoms with van der Waals surface area (Å²) in [4.78, 5) is 22.6. The van der Waals surface area contributed by atoms with E-state index >= 15 is 0 Å². The molecular weight excluding hydrogens is 344 g/mol. The van der Waals surface area contributed by atoms with Crippen molar-refractivity contribution in [2.24, 2.45) is 0 Å². The van der Waals surface area contributed by atoms with E-state index in [0.717, 1.165) is 5.69 Å². The van der Waals surface area contributed by atoms with Crippen molar-refractivity contribution in [3.63, 3.8) is 0 Å². The first-order chi connectivity index (χ1) is 12.0. The Morgan fingerprint density at radius 3 is 2.96 bits per heavy atom. The van der Waals surface area contributed by atoms with Crippen molar-refractivity contribution in [3.8, 4) is 5.75 Å². The van der Waals surface area contributed by atoms with Crippen LogP contribution in [0.25, 0.3) is 5.78 Å². The van der Waals surface area contributed by atoms with Crippen molar-refractivity contribution >= 4 is 34.8 Å². The molecule has 130 valence electrons. The molecule has 2 aromatic heterocycles. The molecule has 0 saturated heterocycles. The van der Waals surface area contributed by atoms with Crippen molar-refractivity contribution in [2.45, 2.75) is 6.92 Å². The first-order valence-corrected chi connectivity index (χ1v) is 7.87. The molecule has 3 rings (SSSR count). The second kappa shape index (κ2) is 6.94. The molecule has 0 bridgehead atoms. The number of benzene rings is 1. The fraction of sp³-hybridized carbons (Fsp3) is 0.250. The number of amides is 1. The number of anilines is 2. The Balaban J connectivity index is 1.79. The summed E-state index contributed by atoms with van der Waals surface area (Å²) < 4.78 is 6.82. The van der Waals surface area contributed by atoms with E-state index in [-0.39, 0.29) is 12.5 Å². The topological polar surface area (TPSA) is 84.6 Å². The Morgan fingerprint density at radius 2 is 2.20 bits per heavy atom. The van der Waals surface area contributed by atoms with E-state index in [2.05, 4.69) is 20.4 Å². The predicted octanol–water partition coefficient (Wildman–Crippen LogP) is 2.17. The Hall–Kier alpha value is -2.87. The van der Waals surface area contributed by atoms with Crippen molar-refractivity contribution in [3.05, 3.63) is 41.3 Å². The Bertz CT molecular complexity index is 926. The van der Waals surface area contributed by atoms with Crippen molar-refractivity contribution in [2.75, 3.05) is 30.9 Å². The van der Waals surface area contributed by atoms with Gasteiger partial charge in [-0.25, -0.2) is 4.98 Å². The first-order valence-electron chi connectivity index (χ1n) is 7.50. The summed E-state index contributed by atoms with van der Waals surface area (Å²) in [6.07, 6.45) is 1.43. The SMILES string of the molecule is COc1ccc(Cl)cc1NC(=O)CN(C)c1cc(C)nc2ncnn12. The lowest BCUT2D eigenvalue weighted by Crippen LogP contribution is -2.31. The van der Waals surface area contributed by atoms with E-state index in [1.807, 2.05) is 13.0 Å². The van der Waals surface area contributed by atoms with E-state index in [0.29, 0.717) is 28.1 Å². The lowest BCUT2D eigenvalue weighted by molar-refractivity contribution is -0.114. The molecule has 0 radical (unpaired) electrons. The maximum absolute atomic E-state index is 12.4. The van der Waals surface area contributed by atoms with E-state index in [9.17, 15) is 4.79 Å². The van der Waals surface area contributed by atoms with Crippen LogP contribution in [0.2, 0.25) is 5.02 Å². The molecule has 0 unspecified atom stereocenters. The van der Waals surface area contributed by atoms with E-state index in [4.69, 9.17) is 16.3 Å². The van der Waals surface area contributed by atoms with Crippen LogP contribution in [0.3, 0.4) is 0 Å². The highest BCUT2D eigenvalue weighted by molar-refractivity contribution is 6.31. The minimum absolute atomic E-state index is 0.105. The summed E-state index contributed by atoms with van der Waals surface area (Å²) in [6, 6.07) is 6.88. The van der Waals surface area contributed by atoms with Crippen molar-refractivity contribution < 1.29 is 9.53 Å². The van der Waals surface area contributed by atoms with Gasteiger partial charge in [0.2, 0.25) is 5.91 Å². The van der Waals surface area contributed by atoms with Gasteiger partial charge < -0.3 is 15.0 Å². The van der Waals surface area contributed by atoms with Crippen LogP contribution in [0.4, 0.5) is 11.5 Å². The first kappa shape index (κ1) is 17.0. The Morgan fingerprint density at radius 1 is 1.40 bits per heavy atom. The number of rotatable bonds is 5. The highest BCUT2D eigenvalue weighted by Crippen LogP contribution is 2.27. The standard InChI is InChI=1S/C16H17ClN6O2/c1-10-6-15(23-16(20-10)18-9-19-23)22(2)8-14(24)21-12-7-11(17)4-5-13(12)25-3/h4-7,9H,8H2,1-3H3,(H,21,24). The molecule has 0 saturated carbocycles. The Kier molecular flexibility index (Phi) is 4.71. The van der Waals surface area contributed by atoms with Gasteiger partial charge in [-0.2, -0.15) is 14.6 Å². The summed E-state index contributed by atoms with van der Waals surface area (Å²) >= 11 is 5.99. The molecule has 1 aromatic carbocycles. The molecule has 8 nitrogen and oxygen atoms in total. The van der Waals surface area contributed by atoms with Gasteiger partial charge in [0, 0.05) is 23.8 Å². The Labute approximate surface area is 149 Å². The number of fused-ring (bicyclic) bond motifs is 1. The van der Waals surface area contributed by atoms with Gasteiger partial charge in [-0.15, -0.1) is 0 Å². The second-order valence-electron chi connectivity index (χ2n) is 5.48. The lowest BCUT2D eigenvalue weighted by Gasteiger charge is -2.20. The number of carbonyl (C=O) groups is 1. The van der Waals surface area contributed by atoms with E-state index in [1.165, 1.54) is 13.4 Å². The number of nitrogens with one attached hydrogen (secondary N) is 1. The van der Waals surface area contributed by atoms with E-state index in [1.54, 1.807) is 34.7 Å². The van der Waals surface area contributed by atoms with Crippen molar-refractivity contribution in [1.29, 1.82) is 0 Å². The number of ether oxygens (including phenoxy) is 1. The number of aryl methyl sites for hydroxylation is 1. The summed E-state index contributed by atoms with van der Waals surface area (Å²) in [6.45, 7) is 1.97. The van der Waals surface area contributed by atoms with Crippen LogP contribution in [0.1, 0.15) is 5.69 Å². The summed E-state index contributed by atoms with van der Waals surface area (Å²) in [5, 5.41) is 7.46. The van der Waals surface area contributed by atoms with Gasteiger partial charge in [0.05, 0.1) is 19.3 Å². The molecule has 0 atom stereocenters. The minimum Gasteiger partial charge on any atom is -0.495 e. The molecule has 0 aliphatic heterocycles. The number of halogens is 1. The third kappa shape index (κ3) is 3.63. The molecule has 1 amide bonds. The molecule has 0 spiro atoms. The maximum atomic E-state index is 12.4. The zero-order valence-corrected chi connectivity index (χ0v) is 14.8. The zero-order chi connectivity index (χ0) is 18.0. The molecule has 0 fully saturated rings. The molecule has 1 N–H and O–H groups in total. The highest BCUT2D eigenvalue weighted by atomic mass is 35.5. The number of hydrogen-bond donors (Lipinski definition) is 1. The maximum Gasteiger partial charge on any atom is 0.254 e. The molecular formula is C16H17ClN6O2. The predicted molar refractivity (Wildman–Crippen MR) is 95.4 cm³/mol. The fourth-order valence-corrected chi connectivity index (χ4v) is 2.62. The van der Waals surface area contributed by atoms with E-state index < -0.39 is 0 Å². The molecule has 2 heterocycles. The molecule has 3 aromatic rings. The minimum atomic E-state index is -0.217. The van der Waals surface area contributed by atoms with Crippen molar-refractivity contribution in [1.82, 2.24) is 19.6 Å². The van der Waals surface area contributed by atoms with Crippen LogP contribution in [-0.4, -0.2) is 46.2 Å². The summed E-state index contributed by atoms with van der Waals surface area (Å²) in [5.74, 6) is 1.52. The third-order valence-corrected chi connectivity index (χ3v) is 3.80. The van der Waals surface area contributed by atoms with Gasteiger partial charge in [-0.05, 0) is 25.1 Å². The van der Waals surface area contributed by atoms with Crippen LogP contribution in [0.15, 0.2) is 30.6 Å². The second-order valence-corrected chi connectivity index (χ2v) is 5.91. The summed E-state index contributed by atoms with van der Waals surface area (Å²) in [7, 11) is 3.33. The fourth-order valence-electron chi connectivity index (χ4n) is 2.45. The summed E-state index contributed by atoms with van der Waals surface area (Å²) in [5.41, 5.74) is 1.31. The van der Waals surface area contributed by atoms with Gasteiger partial charge in [-0.3, -0.25) is 4.79 Å². The zero-order valence-electron chi connectivity index (χ0n) is 14.0. The average molecular weight is 361 g/mol. The number of carbonyl (C=O) groups excluding carboxylic acids is 1. The highest BCUT2D eigenvalue weighted by Gasteiger charge is 2.15. The van der Waals surface area contributed by atoms with Crippen LogP contribution in [0, 0.1) is 6.92 Å². The van der Waals surface area contributed by atoms with Gasteiger partial charge in [0.15, 0.2) is 0 Å². The smallest absolute Gasteiger partial charge is 0.254 e. The normalized spacial score (nSPS) is 10.7. The molecule has 0 aliphatic carbocycles. The molecule has 9 heteroatoms. The molecule has 0 aliphatic rings. The van der Waals surface area contributed by atoms with Gasteiger partial charge in [-0.1, -0.05) is 11.6 Å². The third-order valence-electron chi connectivity index (χ3n) is 3.57. The quantitative estimate of drug-likeness (QED) is 0.750. The number of hydrogen-bond acceptors (Lipinski definition) is 6. The van der Waals surface area contributed by atoms with Crippen LogP contribution in [0.5, 0.6) is 5.75 Å². The number of methoxy groups -OCH3 is 1. The van der Waals surface area contributed by atoms with Gasteiger partial charge in [0.1, 0.15) is 17.9 Å². The number of nitrogens with zero attached hydrogens (tertiary/aromatic N) is 5. The van der Waals surface area contributed by atoms with Crippen LogP contribution < -0.4 is 15.0 Å². The molecule has 25 heavy (non-hydrogen) atoms. The van der Waals surface area contributed by atoms with Crippen LogP contribution >= 0.6 is 11.6 Å². The van der Waals surface area contributed by atoms with Crippen LogP contribution in [-0.2, 0) is 4.79 Å².